The summed E-state index contributed by atoms with van der Waals surface area (Å²) in [5.74, 6) is -2.00. The normalized spacial score (nSPS) is 19.9. The Morgan fingerprint density at radius 1 is 1.21 bits per heavy atom. The van der Waals surface area contributed by atoms with Gasteiger partial charge in [-0.25, -0.2) is 9.37 Å². The van der Waals surface area contributed by atoms with E-state index in [-0.39, 0.29) is 38.5 Å². The lowest BCUT2D eigenvalue weighted by molar-refractivity contribution is -0.132. The first kappa shape index (κ1) is 25.3. The first-order valence-corrected chi connectivity index (χ1v) is 13.5. The molecule has 0 spiro atoms. The van der Waals surface area contributed by atoms with Crippen LogP contribution in [0.1, 0.15) is 29.7 Å². The van der Waals surface area contributed by atoms with Crippen LogP contribution in [0.15, 0.2) is 58.6 Å². The largest absolute Gasteiger partial charge is 0.507 e. The Labute approximate surface area is 234 Å². The van der Waals surface area contributed by atoms with E-state index in [0.29, 0.717) is 33.5 Å². The van der Waals surface area contributed by atoms with Crippen molar-refractivity contribution in [2.45, 2.75) is 25.5 Å². The highest BCUT2D eigenvalue weighted by Crippen LogP contribution is 2.47. The number of aliphatic hydroxyl groups excluding tert-OH is 1. The van der Waals surface area contributed by atoms with Gasteiger partial charge in [0.05, 0.1) is 33.4 Å². The number of aliphatic hydroxyl groups is 1. The molecular weight excluding hydrogens is 591 g/mol. The van der Waals surface area contributed by atoms with E-state index in [9.17, 15) is 24.2 Å². The van der Waals surface area contributed by atoms with Gasteiger partial charge in [-0.15, -0.1) is 0 Å². The van der Waals surface area contributed by atoms with Gasteiger partial charge in [0, 0.05) is 12.0 Å². The summed E-state index contributed by atoms with van der Waals surface area (Å²) >= 11 is 4.35. The fraction of sp³-hybridized carbons (Fsp3) is 0.179. The number of thiazole rings is 1. The van der Waals surface area contributed by atoms with Gasteiger partial charge in [0.1, 0.15) is 23.4 Å². The van der Waals surface area contributed by atoms with Crippen LogP contribution >= 0.6 is 27.3 Å². The lowest BCUT2D eigenvalue weighted by Gasteiger charge is -2.24. The molecule has 1 aromatic heterocycles. The molecule has 1 fully saturated rings. The van der Waals surface area contributed by atoms with Gasteiger partial charge in [-0.3, -0.25) is 14.5 Å². The molecule has 0 unspecified atom stereocenters. The number of methoxy groups -OCH3 is 1. The van der Waals surface area contributed by atoms with Crippen molar-refractivity contribution in [3.05, 3.63) is 81.1 Å². The molecule has 4 aromatic rings. The molecule has 6 rings (SSSR count). The third-order valence-electron chi connectivity index (χ3n) is 6.75. The van der Waals surface area contributed by atoms with Crippen molar-refractivity contribution < 1.29 is 33.7 Å². The number of ether oxygens (including phenoxy) is 2. The molecule has 0 saturated carbocycles. The van der Waals surface area contributed by atoms with Gasteiger partial charge in [0.2, 0.25) is 0 Å². The number of Topliss-reactive ketones (excluding diaryl/α,β-unsaturated/α-hetero) is 1. The first-order chi connectivity index (χ1) is 18.7. The van der Waals surface area contributed by atoms with Gasteiger partial charge >= 0.3 is 5.91 Å². The van der Waals surface area contributed by atoms with E-state index in [0.717, 1.165) is 16.9 Å². The van der Waals surface area contributed by atoms with Crippen LogP contribution in [-0.2, 0) is 16.0 Å². The second kappa shape index (κ2) is 9.35. The second-order valence-corrected chi connectivity index (χ2v) is 11.1. The van der Waals surface area contributed by atoms with Gasteiger partial charge in [-0.2, -0.15) is 0 Å². The van der Waals surface area contributed by atoms with Crippen LogP contribution in [-0.4, -0.2) is 40.1 Å². The van der Waals surface area contributed by atoms with Crippen molar-refractivity contribution in [1.29, 1.82) is 0 Å². The quantitative estimate of drug-likeness (QED) is 0.169. The Bertz CT molecular complexity index is 1730. The van der Waals surface area contributed by atoms with Crippen LogP contribution in [0, 0.1) is 5.82 Å². The van der Waals surface area contributed by atoms with Crippen molar-refractivity contribution in [2.75, 3.05) is 12.0 Å². The Morgan fingerprint density at radius 2 is 2.00 bits per heavy atom. The average molecular weight is 611 g/mol. The summed E-state index contributed by atoms with van der Waals surface area (Å²) in [7, 11) is 1.37. The molecule has 0 aliphatic carbocycles. The maximum atomic E-state index is 13.9. The highest BCUT2D eigenvalue weighted by molar-refractivity contribution is 9.10. The van der Waals surface area contributed by atoms with Crippen LogP contribution in [0.5, 0.6) is 17.2 Å². The maximum Gasteiger partial charge on any atom is 0.301 e. The smallest absolute Gasteiger partial charge is 0.301 e. The molecule has 1 amide bonds. The number of halogens is 2. The van der Waals surface area contributed by atoms with E-state index in [4.69, 9.17) is 9.47 Å². The number of carbonyl (C=O) groups excluding carboxylic acids is 2. The standard InChI is InChI=1S/C28H20BrFN2O6S/c1-12-7-14-8-13(3-6-19(14)38-12)24(33)22-23(15-9-17(29)25(34)20(10-15)37-2)32(27(36)26(22)35)28-31-18-5-4-16(30)11-21(18)39-28/h3-6,8-12,23,33-34H,7H2,1-2H3/b24-22+/t12-,23-/m0/s1. The molecule has 8 nitrogen and oxygen atoms in total. The summed E-state index contributed by atoms with van der Waals surface area (Å²) in [5, 5.41) is 22.1. The number of nitrogens with zero attached hydrogens (tertiary/aromatic N) is 2. The monoisotopic (exact) mass is 610 g/mol. The molecule has 2 N–H and O–H groups in total. The molecule has 3 heterocycles. The van der Waals surface area contributed by atoms with E-state index in [1.807, 2.05) is 6.92 Å². The lowest BCUT2D eigenvalue weighted by atomic mass is 9.94. The summed E-state index contributed by atoms with van der Waals surface area (Å²) in [4.78, 5) is 32.7. The number of benzene rings is 3. The molecule has 0 bridgehead atoms. The number of phenols is 1. The predicted molar refractivity (Wildman–Crippen MR) is 147 cm³/mol. The topological polar surface area (TPSA) is 109 Å². The van der Waals surface area contributed by atoms with E-state index < -0.39 is 23.5 Å². The van der Waals surface area contributed by atoms with Gasteiger partial charge in [-0.1, -0.05) is 11.3 Å². The molecule has 2 atom stereocenters. The molecule has 1 saturated heterocycles. The molecule has 11 heteroatoms. The van der Waals surface area contributed by atoms with Crippen molar-refractivity contribution in [2.24, 2.45) is 0 Å². The Morgan fingerprint density at radius 3 is 2.77 bits per heavy atom. The van der Waals surface area contributed by atoms with E-state index in [1.165, 1.54) is 36.3 Å². The molecular formula is C28H20BrFN2O6S. The Kier molecular flexibility index (Phi) is 6.07. The zero-order valence-corrected chi connectivity index (χ0v) is 23.0. The summed E-state index contributed by atoms with van der Waals surface area (Å²) in [6.45, 7) is 1.94. The van der Waals surface area contributed by atoms with Crippen LogP contribution in [0.2, 0.25) is 0 Å². The summed E-state index contributed by atoms with van der Waals surface area (Å²) in [6, 6.07) is 11.1. The second-order valence-electron chi connectivity index (χ2n) is 9.29. The number of aromatic hydroxyl groups is 1. The lowest BCUT2D eigenvalue weighted by Crippen LogP contribution is -2.29. The molecule has 39 heavy (non-hydrogen) atoms. The van der Waals surface area contributed by atoms with Crippen molar-refractivity contribution >= 4 is 60.1 Å². The molecule has 2 aliphatic heterocycles. The van der Waals surface area contributed by atoms with Gasteiger partial charge in [-0.05, 0) is 82.5 Å². The van der Waals surface area contributed by atoms with Crippen LogP contribution < -0.4 is 14.4 Å². The number of phenolic OH excluding ortho intramolecular Hbond substituents is 1. The highest BCUT2D eigenvalue weighted by Gasteiger charge is 2.48. The van der Waals surface area contributed by atoms with E-state index in [1.54, 1.807) is 24.3 Å². The number of aromatic nitrogens is 1. The minimum Gasteiger partial charge on any atom is -0.507 e. The van der Waals surface area contributed by atoms with Crippen molar-refractivity contribution in [3.63, 3.8) is 0 Å². The highest BCUT2D eigenvalue weighted by atomic mass is 79.9. The zero-order chi connectivity index (χ0) is 27.6. The summed E-state index contributed by atoms with van der Waals surface area (Å²) in [5.41, 5.74) is 1.90. The number of rotatable bonds is 4. The van der Waals surface area contributed by atoms with Gasteiger partial charge in [0.15, 0.2) is 16.6 Å². The molecule has 0 radical (unpaired) electrons. The first-order valence-electron chi connectivity index (χ1n) is 11.9. The van der Waals surface area contributed by atoms with Crippen LogP contribution in [0.3, 0.4) is 0 Å². The minimum absolute atomic E-state index is 0.0198. The fourth-order valence-electron chi connectivity index (χ4n) is 4.97. The average Bonchev–Trinajstić information content (AvgIpc) is 3.57. The van der Waals surface area contributed by atoms with Gasteiger partial charge in [0.25, 0.3) is 5.78 Å². The number of anilines is 1. The molecule has 3 aromatic carbocycles. The minimum atomic E-state index is -1.12. The number of amides is 1. The number of hydrogen-bond donors (Lipinski definition) is 2. The number of ketones is 1. The number of fused-ring (bicyclic) bond motifs is 2. The summed E-state index contributed by atoms with van der Waals surface area (Å²) < 4.78 is 25.7. The Balaban J connectivity index is 1.57. The molecule has 2 aliphatic rings. The van der Waals surface area contributed by atoms with Crippen LogP contribution in [0.25, 0.3) is 16.0 Å². The van der Waals surface area contributed by atoms with Gasteiger partial charge < -0.3 is 19.7 Å². The SMILES string of the molecule is COc1cc([C@H]2/C(=C(\O)c3ccc4c(c3)C[C@H](C)O4)C(=O)C(=O)N2c2nc3ccc(F)cc3s2)cc(Br)c1O. The van der Waals surface area contributed by atoms with Crippen LogP contribution in [0.4, 0.5) is 9.52 Å². The fourth-order valence-corrected chi connectivity index (χ4v) is 6.44. The molecule has 198 valence electrons. The van der Waals surface area contributed by atoms with E-state index in [2.05, 4.69) is 20.9 Å². The maximum absolute atomic E-state index is 13.9. The van der Waals surface area contributed by atoms with E-state index >= 15 is 0 Å². The third kappa shape index (κ3) is 4.12. The van der Waals surface area contributed by atoms with Crippen molar-refractivity contribution in [3.8, 4) is 17.2 Å². The predicted octanol–water partition coefficient (Wildman–Crippen LogP) is 5.86. The third-order valence-corrected chi connectivity index (χ3v) is 8.37. The Hall–Kier alpha value is -3.96. The van der Waals surface area contributed by atoms with Crippen molar-refractivity contribution in [1.82, 2.24) is 4.98 Å². The summed E-state index contributed by atoms with van der Waals surface area (Å²) in [6.07, 6.45) is 0.618. The number of carbonyl (C=O) groups is 2. The number of hydrogen-bond acceptors (Lipinski definition) is 8. The zero-order valence-electron chi connectivity index (χ0n) is 20.6.